The Kier molecular flexibility index (Phi) is 5.37. The first kappa shape index (κ1) is 20.3. The van der Waals surface area contributed by atoms with Gasteiger partial charge in [0, 0.05) is 10.6 Å². The maximum atomic E-state index is 12.7. The number of ether oxygens (including phenoxy) is 1. The molecule has 160 valence electrons. The second-order valence-corrected chi connectivity index (χ2v) is 8.72. The number of carboxylic acids is 1. The molecule has 0 radical (unpaired) electrons. The van der Waals surface area contributed by atoms with E-state index in [0.717, 1.165) is 37.9 Å². The lowest BCUT2D eigenvalue weighted by Crippen LogP contribution is -2.31. The summed E-state index contributed by atoms with van der Waals surface area (Å²) in [6, 6.07) is 23.4. The van der Waals surface area contributed by atoms with Gasteiger partial charge in [0.2, 0.25) is 0 Å². The van der Waals surface area contributed by atoms with Crippen LogP contribution in [-0.4, -0.2) is 23.8 Å². The van der Waals surface area contributed by atoms with Crippen molar-refractivity contribution in [1.82, 2.24) is 5.32 Å². The van der Waals surface area contributed by atoms with E-state index in [1.54, 1.807) is 0 Å². The number of carbonyl (C=O) groups is 2. The second kappa shape index (κ2) is 8.48. The second-order valence-electron chi connectivity index (χ2n) is 7.81. The summed E-state index contributed by atoms with van der Waals surface area (Å²) in [5.74, 6) is -1.03. The molecule has 2 N–H and O–H groups in total. The quantitative estimate of drug-likeness (QED) is 0.386. The summed E-state index contributed by atoms with van der Waals surface area (Å²) in [6.45, 7) is 0.185. The molecule has 1 aliphatic carbocycles. The maximum Gasteiger partial charge on any atom is 0.407 e. The van der Waals surface area contributed by atoms with E-state index >= 15 is 0 Å². The van der Waals surface area contributed by atoms with Gasteiger partial charge in [-0.2, -0.15) is 0 Å². The molecule has 1 aliphatic rings. The topological polar surface area (TPSA) is 75.6 Å². The van der Waals surface area contributed by atoms with Gasteiger partial charge in [0.25, 0.3) is 0 Å². The maximum absolute atomic E-state index is 12.7. The third kappa shape index (κ3) is 3.74. The Hall–Kier alpha value is -3.64. The number of alkyl carbamates (subject to hydrolysis) is 1. The van der Waals surface area contributed by atoms with Crippen LogP contribution in [0.5, 0.6) is 0 Å². The lowest BCUT2D eigenvalue weighted by Gasteiger charge is -2.19. The number of rotatable bonds is 6. The molecule has 3 aromatic carbocycles. The van der Waals surface area contributed by atoms with Crippen molar-refractivity contribution in [2.24, 2.45) is 0 Å². The predicted molar refractivity (Wildman–Crippen MR) is 125 cm³/mol. The number of nitrogens with one attached hydrogen (secondary N) is 1. The Labute approximate surface area is 189 Å². The number of carboxylic acid groups (broad SMARTS) is 1. The van der Waals surface area contributed by atoms with Crippen LogP contribution in [0.1, 0.15) is 35.1 Å². The number of thiophene rings is 1. The van der Waals surface area contributed by atoms with E-state index in [0.29, 0.717) is 0 Å². The van der Waals surface area contributed by atoms with Crippen molar-refractivity contribution in [3.63, 3.8) is 0 Å². The van der Waals surface area contributed by atoms with Crippen molar-refractivity contribution in [1.29, 1.82) is 0 Å². The molecular formula is C26H21NO4S. The number of hydrogen-bond donors (Lipinski definition) is 2. The number of fused-ring (bicyclic) bond motifs is 4. The highest BCUT2D eigenvalue weighted by Crippen LogP contribution is 2.44. The van der Waals surface area contributed by atoms with Crippen LogP contribution in [-0.2, 0) is 9.53 Å². The highest BCUT2D eigenvalue weighted by atomic mass is 32.1. The van der Waals surface area contributed by atoms with Gasteiger partial charge in [-0.1, -0.05) is 66.7 Å². The third-order valence-electron chi connectivity index (χ3n) is 5.90. The van der Waals surface area contributed by atoms with Gasteiger partial charge in [0.15, 0.2) is 0 Å². The fraction of sp³-hybridized carbons (Fsp3) is 0.154. The fourth-order valence-electron chi connectivity index (χ4n) is 4.46. The molecule has 0 aliphatic heterocycles. The van der Waals surface area contributed by atoms with Crippen molar-refractivity contribution < 1.29 is 19.4 Å². The monoisotopic (exact) mass is 443 g/mol. The minimum Gasteiger partial charge on any atom is -0.481 e. The average molecular weight is 444 g/mol. The Bertz CT molecular complexity index is 1270. The zero-order chi connectivity index (χ0) is 22.1. The normalized spacial score (nSPS) is 13.4. The average Bonchev–Trinajstić information content (AvgIpc) is 3.36. The molecule has 0 spiro atoms. The molecule has 6 heteroatoms. The van der Waals surface area contributed by atoms with Crippen LogP contribution < -0.4 is 5.32 Å². The van der Waals surface area contributed by atoms with E-state index in [2.05, 4.69) is 29.6 Å². The Morgan fingerprint density at radius 1 is 0.938 bits per heavy atom. The molecule has 32 heavy (non-hydrogen) atoms. The molecule has 5 nitrogen and oxygen atoms in total. The molecular weight excluding hydrogens is 422 g/mol. The van der Waals surface area contributed by atoms with Crippen LogP contribution in [0.25, 0.3) is 21.2 Å². The summed E-state index contributed by atoms with van der Waals surface area (Å²) in [6.07, 6.45) is -0.835. The van der Waals surface area contributed by atoms with E-state index in [1.807, 2.05) is 53.9 Å². The summed E-state index contributed by atoms with van der Waals surface area (Å²) in [5, 5.41) is 15.0. The zero-order valence-corrected chi connectivity index (χ0v) is 18.0. The molecule has 0 saturated heterocycles. The molecule has 0 bridgehead atoms. The molecule has 1 unspecified atom stereocenters. The highest BCUT2D eigenvalue weighted by Gasteiger charge is 2.29. The summed E-state index contributed by atoms with van der Waals surface area (Å²) < 4.78 is 6.67. The Balaban J connectivity index is 1.34. The largest absolute Gasteiger partial charge is 0.481 e. The first-order valence-corrected chi connectivity index (χ1v) is 11.3. The molecule has 1 aromatic heterocycles. The molecule has 1 heterocycles. The molecule has 0 fully saturated rings. The number of hydrogen-bond acceptors (Lipinski definition) is 4. The number of amides is 1. The van der Waals surface area contributed by atoms with Gasteiger partial charge < -0.3 is 15.2 Å². The molecule has 1 amide bonds. The number of carbonyl (C=O) groups excluding carboxylic acids is 1. The fourth-order valence-corrected chi connectivity index (χ4v) is 5.48. The van der Waals surface area contributed by atoms with Gasteiger partial charge >= 0.3 is 12.1 Å². The van der Waals surface area contributed by atoms with Crippen molar-refractivity contribution >= 4 is 33.5 Å². The molecule has 5 rings (SSSR count). The third-order valence-corrected chi connectivity index (χ3v) is 6.88. The molecule has 1 atom stereocenters. The minimum absolute atomic E-state index is 0.0481. The van der Waals surface area contributed by atoms with Crippen LogP contribution in [0.15, 0.2) is 78.2 Å². The van der Waals surface area contributed by atoms with Crippen LogP contribution in [0.4, 0.5) is 4.79 Å². The number of benzene rings is 3. The van der Waals surface area contributed by atoms with Gasteiger partial charge in [-0.3, -0.25) is 4.79 Å². The lowest BCUT2D eigenvalue weighted by atomic mass is 9.98. The van der Waals surface area contributed by atoms with Crippen molar-refractivity contribution in [2.45, 2.75) is 18.4 Å². The van der Waals surface area contributed by atoms with Crippen LogP contribution in [0.3, 0.4) is 0 Å². The van der Waals surface area contributed by atoms with Crippen LogP contribution in [0, 0.1) is 0 Å². The van der Waals surface area contributed by atoms with E-state index < -0.39 is 18.1 Å². The van der Waals surface area contributed by atoms with Gasteiger partial charge in [-0.25, -0.2) is 4.79 Å². The predicted octanol–water partition coefficient (Wildman–Crippen LogP) is 5.96. The molecule has 0 saturated carbocycles. The first-order valence-electron chi connectivity index (χ1n) is 10.4. The van der Waals surface area contributed by atoms with Crippen molar-refractivity contribution in [3.05, 3.63) is 94.9 Å². The highest BCUT2D eigenvalue weighted by molar-refractivity contribution is 7.17. The van der Waals surface area contributed by atoms with Crippen LogP contribution >= 0.6 is 11.3 Å². The van der Waals surface area contributed by atoms with E-state index in [1.165, 1.54) is 11.3 Å². The van der Waals surface area contributed by atoms with Gasteiger partial charge in [-0.05, 0) is 44.6 Å². The van der Waals surface area contributed by atoms with E-state index in [-0.39, 0.29) is 18.9 Å². The van der Waals surface area contributed by atoms with E-state index in [4.69, 9.17) is 4.74 Å². The van der Waals surface area contributed by atoms with E-state index in [9.17, 15) is 14.7 Å². The van der Waals surface area contributed by atoms with Gasteiger partial charge in [0.05, 0.1) is 12.5 Å². The van der Waals surface area contributed by atoms with Crippen molar-refractivity contribution in [3.8, 4) is 11.1 Å². The molecule has 4 aromatic rings. The first-order chi connectivity index (χ1) is 15.6. The van der Waals surface area contributed by atoms with Gasteiger partial charge in [0.1, 0.15) is 6.61 Å². The van der Waals surface area contributed by atoms with Crippen molar-refractivity contribution in [2.75, 3.05) is 6.61 Å². The summed E-state index contributed by atoms with van der Waals surface area (Å²) in [7, 11) is 0. The smallest absolute Gasteiger partial charge is 0.407 e. The van der Waals surface area contributed by atoms with Crippen LogP contribution in [0.2, 0.25) is 0 Å². The summed E-state index contributed by atoms with van der Waals surface area (Å²) in [4.78, 5) is 24.2. The zero-order valence-electron chi connectivity index (χ0n) is 17.2. The Morgan fingerprint density at radius 2 is 1.56 bits per heavy atom. The SMILES string of the molecule is O=C(O)CC(NC(=O)OCC1c2ccccc2-c2ccccc21)c1csc2ccccc12. The Morgan fingerprint density at radius 3 is 2.25 bits per heavy atom. The summed E-state index contributed by atoms with van der Waals surface area (Å²) >= 11 is 1.53. The standard InChI is InChI=1S/C26H21NO4S/c28-25(29)13-23(22-15-32-24-12-6-5-11-20(22)24)27-26(30)31-14-21-18-9-3-1-7-16(18)17-8-2-4-10-19(17)21/h1-12,15,21,23H,13-14H2,(H,27,30)(H,28,29). The summed E-state index contributed by atoms with van der Waals surface area (Å²) in [5.41, 5.74) is 5.37. The van der Waals surface area contributed by atoms with Gasteiger partial charge in [-0.15, -0.1) is 11.3 Å². The lowest BCUT2D eigenvalue weighted by molar-refractivity contribution is -0.137. The number of aliphatic carboxylic acids is 1. The minimum atomic E-state index is -0.982.